The Labute approximate surface area is 166 Å². The van der Waals surface area contributed by atoms with E-state index in [-0.39, 0.29) is 5.82 Å². The molecule has 1 radical (unpaired) electrons. The molecule has 0 aliphatic carbocycles. The Kier molecular flexibility index (Phi) is 5.34. The SMILES string of the molecule is CCCOc1[c]ccc(N2CCC(c3noc4cc(F)ccc34)CC2)c1Br. The van der Waals surface area contributed by atoms with E-state index in [9.17, 15) is 4.39 Å². The van der Waals surface area contributed by atoms with Crippen LogP contribution in [-0.2, 0) is 0 Å². The fourth-order valence-electron chi connectivity index (χ4n) is 3.62. The molecule has 0 bridgehead atoms. The van der Waals surface area contributed by atoms with Crippen molar-refractivity contribution in [3.8, 4) is 5.75 Å². The van der Waals surface area contributed by atoms with Crippen LogP contribution in [0.1, 0.15) is 37.8 Å². The van der Waals surface area contributed by atoms with E-state index in [1.807, 2.05) is 6.07 Å². The van der Waals surface area contributed by atoms with Crippen LogP contribution in [0.5, 0.6) is 5.75 Å². The molecule has 1 aromatic heterocycles. The summed E-state index contributed by atoms with van der Waals surface area (Å²) in [6.45, 7) is 4.59. The topological polar surface area (TPSA) is 38.5 Å². The number of hydrogen-bond donors (Lipinski definition) is 0. The number of hydrogen-bond acceptors (Lipinski definition) is 4. The van der Waals surface area contributed by atoms with Gasteiger partial charge in [0.05, 0.1) is 22.5 Å². The van der Waals surface area contributed by atoms with E-state index >= 15 is 0 Å². The van der Waals surface area contributed by atoms with Crippen molar-refractivity contribution >= 4 is 32.6 Å². The predicted molar refractivity (Wildman–Crippen MR) is 107 cm³/mol. The first kappa shape index (κ1) is 18.3. The number of anilines is 1. The third kappa shape index (κ3) is 3.68. The van der Waals surface area contributed by atoms with Gasteiger partial charge < -0.3 is 14.2 Å². The standard InChI is InChI=1S/C21H21BrFN2O2/c1-2-12-26-18-5-3-4-17(20(18)22)25-10-8-14(9-11-25)21-16-7-6-15(23)13-19(16)27-24-21/h3-4,6-7,13-14H,2,8-12H2,1H3. The number of aromatic nitrogens is 1. The van der Waals surface area contributed by atoms with Crippen LogP contribution in [0.15, 0.2) is 39.3 Å². The number of halogens is 2. The van der Waals surface area contributed by atoms with Crippen molar-refractivity contribution in [3.05, 3.63) is 52.4 Å². The zero-order chi connectivity index (χ0) is 18.8. The van der Waals surface area contributed by atoms with Crippen molar-refractivity contribution in [3.63, 3.8) is 0 Å². The average molecular weight is 432 g/mol. The van der Waals surface area contributed by atoms with Gasteiger partial charge in [0.1, 0.15) is 11.6 Å². The maximum Gasteiger partial charge on any atom is 0.170 e. The Morgan fingerprint density at radius 3 is 2.93 bits per heavy atom. The van der Waals surface area contributed by atoms with Crippen molar-refractivity contribution < 1.29 is 13.7 Å². The molecular formula is C21H21BrFN2O2. The molecule has 1 fully saturated rings. The van der Waals surface area contributed by atoms with Crippen LogP contribution in [0.4, 0.5) is 10.1 Å². The second kappa shape index (κ2) is 7.89. The number of nitrogens with zero attached hydrogens (tertiary/aromatic N) is 2. The van der Waals surface area contributed by atoms with Crippen molar-refractivity contribution in [2.24, 2.45) is 0 Å². The molecule has 0 spiro atoms. The molecule has 1 aliphatic rings. The summed E-state index contributed by atoms with van der Waals surface area (Å²) in [5.41, 5.74) is 2.59. The molecule has 0 amide bonds. The van der Waals surface area contributed by atoms with Crippen LogP contribution in [0.2, 0.25) is 0 Å². The number of benzene rings is 2. The van der Waals surface area contributed by atoms with Crippen LogP contribution < -0.4 is 9.64 Å². The van der Waals surface area contributed by atoms with Gasteiger partial charge in [-0.05, 0) is 59.5 Å². The minimum absolute atomic E-state index is 0.299. The van der Waals surface area contributed by atoms with Crippen LogP contribution in [0, 0.1) is 11.9 Å². The van der Waals surface area contributed by atoms with Crippen LogP contribution >= 0.6 is 15.9 Å². The van der Waals surface area contributed by atoms with Crippen LogP contribution in [-0.4, -0.2) is 24.9 Å². The van der Waals surface area contributed by atoms with Crippen LogP contribution in [0.25, 0.3) is 11.0 Å². The number of piperidine rings is 1. The molecule has 0 N–H and O–H groups in total. The van der Waals surface area contributed by atoms with E-state index in [1.165, 1.54) is 12.1 Å². The Balaban J connectivity index is 1.49. The summed E-state index contributed by atoms with van der Waals surface area (Å²) in [6.07, 6.45) is 2.90. The Morgan fingerprint density at radius 2 is 2.15 bits per heavy atom. The lowest BCUT2D eigenvalue weighted by molar-refractivity contribution is 0.315. The molecule has 1 aliphatic heterocycles. The first-order valence-corrected chi connectivity index (χ1v) is 10.1. The molecule has 4 rings (SSSR count). The molecule has 2 aromatic carbocycles. The van der Waals surface area contributed by atoms with Gasteiger partial charge in [0.15, 0.2) is 5.58 Å². The number of fused-ring (bicyclic) bond motifs is 1. The first-order valence-electron chi connectivity index (χ1n) is 9.30. The maximum atomic E-state index is 13.4. The molecule has 0 atom stereocenters. The summed E-state index contributed by atoms with van der Waals surface area (Å²) in [5.74, 6) is 0.783. The molecule has 1 saturated heterocycles. The van der Waals surface area contributed by atoms with Crippen molar-refractivity contribution in [2.45, 2.75) is 32.1 Å². The Hall–Kier alpha value is -2.08. The highest BCUT2D eigenvalue weighted by atomic mass is 79.9. The lowest BCUT2D eigenvalue weighted by atomic mass is 9.91. The van der Waals surface area contributed by atoms with Gasteiger partial charge in [0.25, 0.3) is 0 Å². The normalized spacial score (nSPS) is 15.4. The second-order valence-corrected chi connectivity index (χ2v) is 7.62. The summed E-state index contributed by atoms with van der Waals surface area (Å²) >= 11 is 3.68. The number of rotatable bonds is 5. The van der Waals surface area contributed by atoms with Gasteiger partial charge in [-0.1, -0.05) is 12.1 Å². The van der Waals surface area contributed by atoms with Gasteiger partial charge >= 0.3 is 0 Å². The highest BCUT2D eigenvalue weighted by molar-refractivity contribution is 9.10. The minimum Gasteiger partial charge on any atom is -0.492 e. The molecule has 3 aromatic rings. The van der Waals surface area contributed by atoms with E-state index < -0.39 is 0 Å². The molecule has 6 heteroatoms. The molecule has 0 saturated carbocycles. The lowest BCUT2D eigenvalue weighted by Gasteiger charge is -2.33. The van der Waals surface area contributed by atoms with Crippen molar-refractivity contribution in [2.75, 3.05) is 24.6 Å². The molecule has 2 heterocycles. The fourth-order valence-corrected chi connectivity index (χ4v) is 4.23. The quantitative estimate of drug-likeness (QED) is 0.518. The highest BCUT2D eigenvalue weighted by Crippen LogP contribution is 2.39. The molecule has 4 nitrogen and oxygen atoms in total. The summed E-state index contributed by atoms with van der Waals surface area (Å²) in [5, 5.41) is 5.15. The van der Waals surface area contributed by atoms with Crippen LogP contribution in [0.3, 0.4) is 0 Å². The second-order valence-electron chi connectivity index (χ2n) is 6.82. The molecular weight excluding hydrogens is 411 g/mol. The summed E-state index contributed by atoms with van der Waals surface area (Å²) in [4.78, 5) is 2.36. The average Bonchev–Trinajstić information content (AvgIpc) is 3.10. The van der Waals surface area contributed by atoms with Crippen molar-refractivity contribution in [1.29, 1.82) is 0 Å². The summed E-state index contributed by atoms with van der Waals surface area (Å²) in [7, 11) is 0. The maximum absolute atomic E-state index is 13.4. The minimum atomic E-state index is -0.299. The van der Waals surface area contributed by atoms with Gasteiger partial charge in [-0.2, -0.15) is 0 Å². The van der Waals surface area contributed by atoms with E-state index in [0.29, 0.717) is 18.1 Å². The van der Waals surface area contributed by atoms with E-state index in [4.69, 9.17) is 9.26 Å². The lowest BCUT2D eigenvalue weighted by Crippen LogP contribution is -2.33. The van der Waals surface area contributed by atoms with Gasteiger partial charge in [-0.3, -0.25) is 0 Å². The monoisotopic (exact) mass is 431 g/mol. The third-order valence-corrected chi connectivity index (χ3v) is 5.78. The van der Waals surface area contributed by atoms with E-state index in [2.05, 4.69) is 45.0 Å². The summed E-state index contributed by atoms with van der Waals surface area (Å²) < 4.78 is 25.4. The fraction of sp³-hybridized carbons (Fsp3) is 0.381. The Morgan fingerprint density at radius 1 is 1.33 bits per heavy atom. The largest absolute Gasteiger partial charge is 0.492 e. The molecule has 141 valence electrons. The first-order chi connectivity index (χ1) is 13.2. The Bertz CT molecular complexity index is 935. The van der Waals surface area contributed by atoms with Crippen molar-refractivity contribution in [1.82, 2.24) is 5.16 Å². The van der Waals surface area contributed by atoms with E-state index in [1.54, 1.807) is 6.07 Å². The zero-order valence-electron chi connectivity index (χ0n) is 15.2. The smallest absolute Gasteiger partial charge is 0.170 e. The van der Waals surface area contributed by atoms with Gasteiger partial charge in [-0.15, -0.1) is 0 Å². The third-order valence-electron chi connectivity index (χ3n) is 5.01. The highest BCUT2D eigenvalue weighted by Gasteiger charge is 2.26. The van der Waals surface area contributed by atoms with Gasteiger partial charge in [0, 0.05) is 36.5 Å². The predicted octanol–water partition coefficient (Wildman–Crippen LogP) is 5.70. The molecule has 0 unspecified atom stereocenters. The van der Waals surface area contributed by atoms with E-state index in [0.717, 1.165) is 59.3 Å². The van der Waals surface area contributed by atoms with Gasteiger partial charge in [0.2, 0.25) is 0 Å². The number of ether oxygens (including phenoxy) is 1. The zero-order valence-corrected chi connectivity index (χ0v) is 16.8. The molecule has 27 heavy (non-hydrogen) atoms. The van der Waals surface area contributed by atoms with Gasteiger partial charge in [-0.25, -0.2) is 4.39 Å². The summed E-state index contributed by atoms with van der Waals surface area (Å²) in [6, 6.07) is 11.8.